The highest BCUT2D eigenvalue weighted by molar-refractivity contribution is 5.94. The van der Waals surface area contributed by atoms with Crippen molar-refractivity contribution in [3.05, 3.63) is 33.9 Å². The largest absolute Gasteiger partial charge is 0.396 e. The molecule has 0 unspecified atom stereocenters. The molecular formula is C13H19N3O4. The average molecular weight is 281 g/mol. The molecule has 0 saturated heterocycles. The van der Waals surface area contributed by atoms with Crippen molar-refractivity contribution in [1.82, 2.24) is 0 Å². The Morgan fingerprint density at radius 3 is 2.65 bits per heavy atom. The Morgan fingerprint density at radius 2 is 2.15 bits per heavy atom. The summed E-state index contributed by atoms with van der Waals surface area (Å²) in [4.78, 5) is 21.5. The highest BCUT2D eigenvalue weighted by Crippen LogP contribution is 2.28. The molecule has 4 N–H and O–H groups in total. The molecule has 110 valence electrons. The van der Waals surface area contributed by atoms with Crippen LogP contribution in [0.15, 0.2) is 18.2 Å². The molecule has 7 nitrogen and oxygen atoms in total. The Kier molecular flexibility index (Phi) is 5.04. The summed E-state index contributed by atoms with van der Waals surface area (Å²) in [5.74, 6) is -0.708. The number of amides is 1. The van der Waals surface area contributed by atoms with E-state index in [0.29, 0.717) is 18.7 Å². The first-order valence-corrected chi connectivity index (χ1v) is 6.20. The first-order chi connectivity index (χ1) is 9.26. The first-order valence-electron chi connectivity index (χ1n) is 6.20. The number of hydrogen-bond donors (Lipinski definition) is 3. The second-order valence-electron chi connectivity index (χ2n) is 5.34. The Bertz CT molecular complexity index is 514. The SMILES string of the molecule is CC(C)(CCO)CNc1ccc(C(N)=O)cc1[N+](=O)[O-]. The molecule has 0 saturated carbocycles. The van der Waals surface area contributed by atoms with E-state index in [4.69, 9.17) is 10.8 Å². The first kappa shape index (κ1) is 15.9. The fourth-order valence-electron chi connectivity index (χ4n) is 1.71. The van der Waals surface area contributed by atoms with E-state index in [0.717, 1.165) is 6.07 Å². The zero-order valence-corrected chi connectivity index (χ0v) is 11.5. The van der Waals surface area contributed by atoms with Gasteiger partial charge in [0.05, 0.1) is 4.92 Å². The molecular weight excluding hydrogens is 262 g/mol. The lowest BCUT2D eigenvalue weighted by atomic mass is 9.89. The van der Waals surface area contributed by atoms with E-state index in [1.807, 2.05) is 13.8 Å². The van der Waals surface area contributed by atoms with Crippen LogP contribution < -0.4 is 11.1 Å². The second-order valence-corrected chi connectivity index (χ2v) is 5.34. The number of nitrogens with one attached hydrogen (secondary N) is 1. The van der Waals surface area contributed by atoms with Gasteiger partial charge in [-0.25, -0.2) is 0 Å². The molecule has 7 heteroatoms. The summed E-state index contributed by atoms with van der Waals surface area (Å²) in [5.41, 5.74) is 5.13. The molecule has 0 aliphatic carbocycles. The molecule has 1 aromatic rings. The molecule has 1 amide bonds. The molecule has 0 heterocycles. The predicted molar refractivity (Wildman–Crippen MR) is 75.6 cm³/mol. The van der Waals surface area contributed by atoms with Crippen molar-refractivity contribution < 1.29 is 14.8 Å². The van der Waals surface area contributed by atoms with Gasteiger partial charge in [0, 0.05) is 24.8 Å². The number of hydrogen-bond acceptors (Lipinski definition) is 5. The fourth-order valence-corrected chi connectivity index (χ4v) is 1.71. The normalized spacial score (nSPS) is 11.2. The van der Waals surface area contributed by atoms with Gasteiger partial charge in [-0.3, -0.25) is 14.9 Å². The predicted octanol–water partition coefficient (Wildman–Crippen LogP) is 1.51. The lowest BCUT2D eigenvalue weighted by Crippen LogP contribution is -2.24. The molecule has 0 spiro atoms. The number of rotatable bonds is 7. The molecule has 1 aromatic carbocycles. The van der Waals surface area contributed by atoms with Gasteiger partial charge in [-0.1, -0.05) is 13.8 Å². The molecule has 0 aliphatic rings. The number of nitro groups is 1. The molecule has 0 atom stereocenters. The number of nitro benzene ring substituents is 1. The van der Waals surface area contributed by atoms with E-state index >= 15 is 0 Å². The number of aliphatic hydroxyl groups excluding tert-OH is 1. The van der Waals surface area contributed by atoms with E-state index in [1.54, 1.807) is 0 Å². The van der Waals surface area contributed by atoms with Crippen LogP contribution in [0.5, 0.6) is 0 Å². The van der Waals surface area contributed by atoms with E-state index in [2.05, 4.69) is 5.32 Å². The van der Waals surface area contributed by atoms with Crippen molar-refractivity contribution in [1.29, 1.82) is 0 Å². The van der Waals surface area contributed by atoms with Crippen LogP contribution >= 0.6 is 0 Å². The van der Waals surface area contributed by atoms with Crippen LogP contribution in [-0.2, 0) is 0 Å². The third kappa shape index (κ3) is 4.20. The smallest absolute Gasteiger partial charge is 0.293 e. The van der Waals surface area contributed by atoms with Gasteiger partial charge in [0.1, 0.15) is 5.69 Å². The summed E-state index contributed by atoms with van der Waals surface area (Å²) in [6.45, 7) is 4.40. The third-order valence-corrected chi connectivity index (χ3v) is 3.02. The number of primary amides is 1. The highest BCUT2D eigenvalue weighted by atomic mass is 16.6. The molecule has 0 fully saturated rings. The second kappa shape index (κ2) is 6.33. The van der Waals surface area contributed by atoms with Gasteiger partial charge in [-0.05, 0) is 24.0 Å². The van der Waals surface area contributed by atoms with Crippen LogP contribution in [0, 0.1) is 15.5 Å². The number of anilines is 1. The number of nitrogens with two attached hydrogens (primary N) is 1. The Balaban J connectivity index is 2.95. The van der Waals surface area contributed by atoms with Gasteiger partial charge in [0.2, 0.25) is 5.91 Å². The summed E-state index contributed by atoms with van der Waals surface area (Å²) in [6, 6.07) is 4.06. The van der Waals surface area contributed by atoms with Crippen LogP contribution in [0.4, 0.5) is 11.4 Å². The van der Waals surface area contributed by atoms with Crippen LogP contribution in [-0.4, -0.2) is 29.1 Å². The maximum Gasteiger partial charge on any atom is 0.293 e. The number of nitrogens with zero attached hydrogens (tertiary/aromatic N) is 1. The van der Waals surface area contributed by atoms with Crippen molar-refractivity contribution in [2.75, 3.05) is 18.5 Å². The number of benzene rings is 1. The summed E-state index contributed by atoms with van der Waals surface area (Å²) in [5, 5.41) is 23.0. The van der Waals surface area contributed by atoms with Crippen molar-refractivity contribution in [3.63, 3.8) is 0 Å². The van der Waals surface area contributed by atoms with Gasteiger partial charge >= 0.3 is 0 Å². The minimum Gasteiger partial charge on any atom is -0.396 e. The van der Waals surface area contributed by atoms with Crippen molar-refractivity contribution in [3.8, 4) is 0 Å². The standard InChI is InChI=1S/C13H19N3O4/c1-13(2,5-6-17)8-15-10-4-3-9(12(14)18)7-11(10)16(19)20/h3-4,7,15,17H,5-6,8H2,1-2H3,(H2,14,18). The third-order valence-electron chi connectivity index (χ3n) is 3.02. The molecule has 0 aromatic heterocycles. The summed E-state index contributed by atoms with van der Waals surface area (Å²) in [6.07, 6.45) is 0.577. The lowest BCUT2D eigenvalue weighted by Gasteiger charge is -2.24. The fraction of sp³-hybridized carbons (Fsp3) is 0.462. The van der Waals surface area contributed by atoms with E-state index < -0.39 is 10.8 Å². The van der Waals surface area contributed by atoms with Crippen molar-refractivity contribution in [2.45, 2.75) is 20.3 Å². The lowest BCUT2D eigenvalue weighted by molar-refractivity contribution is -0.384. The maximum absolute atomic E-state index is 11.0. The monoisotopic (exact) mass is 281 g/mol. The quantitative estimate of drug-likeness (QED) is 0.517. The minimum absolute atomic E-state index is 0.0530. The average Bonchev–Trinajstić information content (AvgIpc) is 2.36. The molecule has 0 radical (unpaired) electrons. The van der Waals surface area contributed by atoms with Gasteiger partial charge < -0.3 is 16.2 Å². The van der Waals surface area contributed by atoms with Crippen LogP contribution in [0.2, 0.25) is 0 Å². The zero-order valence-electron chi connectivity index (χ0n) is 11.5. The highest BCUT2D eigenvalue weighted by Gasteiger charge is 2.21. The van der Waals surface area contributed by atoms with Crippen LogP contribution in [0.3, 0.4) is 0 Å². The summed E-state index contributed by atoms with van der Waals surface area (Å²) < 4.78 is 0. The Morgan fingerprint density at radius 1 is 1.50 bits per heavy atom. The van der Waals surface area contributed by atoms with E-state index in [9.17, 15) is 14.9 Å². The molecule has 20 heavy (non-hydrogen) atoms. The van der Waals surface area contributed by atoms with E-state index in [1.165, 1.54) is 12.1 Å². The number of aliphatic hydroxyl groups is 1. The van der Waals surface area contributed by atoms with Crippen LogP contribution in [0.25, 0.3) is 0 Å². The topological polar surface area (TPSA) is 118 Å². The Labute approximate surface area is 116 Å². The van der Waals surface area contributed by atoms with Crippen molar-refractivity contribution in [2.24, 2.45) is 11.1 Å². The molecule has 0 aliphatic heterocycles. The van der Waals surface area contributed by atoms with E-state index in [-0.39, 0.29) is 23.3 Å². The summed E-state index contributed by atoms with van der Waals surface area (Å²) in [7, 11) is 0. The zero-order chi connectivity index (χ0) is 15.3. The van der Waals surface area contributed by atoms with Crippen molar-refractivity contribution >= 4 is 17.3 Å². The summed E-state index contributed by atoms with van der Waals surface area (Å²) >= 11 is 0. The molecule has 0 bridgehead atoms. The number of carbonyl (C=O) groups is 1. The maximum atomic E-state index is 11.0. The molecule has 1 rings (SSSR count). The Hall–Kier alpha value is -2.15. The van der Waals surface area contributed by atoms with Crippen LogP contribution in [0.1, 0.15) is 30.6 Å². The van der Waals surface area contributed by atoms with Gasteiger partial charge in [0.15, 0.2) is 0 Å². The van der Waals surface area contributed by atoms with Gasteiger partial charge in [0.25, 0.3) is 5.69 Å². The minimum atomic E-state index is -0.708. The van der Waals surface area contributed by atoms with Gasteiger partial charge in [-0.15, -0.1) is 0 Å². The number of carbonyl (C=O) groups excluding carboxylic acids is 1. The van der Waals surface area contributed by atoms with Gasteiger partial charge in [-0.2, -0.15) is 0 Å².